The summed E-state index contributed by atoms with van der Waals surface area (Å²) in [7, 11) is 0. The molecule has 0 aliphatic carbocycles. The number of carbonyl (C=O) groups is 1. The van der Waals surface area contributed by atoms with Crippen LogP contribution in [0.25, 0.3) is 0 Å². The van der Waals surface area contributed by atoms with Crippen LogP contribution in [-0.4, -0.2) is 33.9 Å². The zero-order valence-electron chi connectivity index (χ0n) is 15.0. The summed E-state index contributed by atoms with van der Waals surface area (Å²) in [5.41, 5.74) is 0. The number of carbonyl (C=O) groups excluding carboxylic acids is 1. The van der Waals surface area contributed by atoms with E-state index in [4.69, 9.17) is 0 Å². The lowest BCUT2D eigenvalue weighted by atomic mass is 10.0. The lowest BCUT2D eigenvalue weighted by Gasteiger charge is -2.13. The van der Waals surface area contributed by atoms with E-state index in [1.807, 2.05) is 45.0 Å². The van der Waals surface area contributed by atoms with Crippen molar-refractivity contribution in [2.45, 2.75) is 33.6 Å². The van der Waals surface area contributed by atoms with Gasteiger partial charge < -0.3 is 16.0 Å². The summed E-state index contributed by atoms with van der Waals surface area (Å²) < 4.78 is 0. The number of hydrogen-bond donors (Lipinski definition) is 3. The number of amides is 1. The lowest BCUT2D eigenvalue weighted by Crippen LogP contribution is -2.33. The van der Waals surface area contributed by atoms with E-state index in [-0.39, 0.29) is 11.8 Å². The van der Waals surface area contributed by atoms with Crippen molar-refractivity contribution in [3.05, 3.63) is 36.3 Å². The molecular formula is C18H26N6O. The van der Waals surface area contributed by atoms with E-state index >= 15 is 0 Å². The van der Waals surface area contributed by atoms with E-state index in [9.17, 15) is 4.79 Å². The maximum Gasteiger partial charge on any atom is 0.223 e. The van der Waals surface area contributed by atoms with E-state index < -0.39 is 0 Å². The summed E-state index contributed by atoms with van der Waals surface area (Å²) in [5, 5.41) is 9.32. The van der Waals surface area contributed by atoms with E-state index in [0.29, 0.717) is 30.5 Å². The number of pyridine rings is 1. The molecule has 0 saturated heterocycles. The average Bonchev–Trinajstić information content (AvgIpc) is 2.60. The second-order valence-corrected chi connectivity index (χ2v) is 5.76. The number of aryl methyl sites for hydroxylation is 1. The second-order valence-electron chi connectivity index (χ2n) is 5.76. The van der Waals surface area contributed by atoms with Crippen LogP contribution in [0.4, 0.5) is 17.5 Å². The van der Waals surface area contributed by atoms with Crippen LogP contribution >= 0.6 is 0 Å². The van der Waals surface area contributed by atoms with Gasteiger partial charge in [-0.2, -0.15) is 0 Å². The largest absolute Gasteiger partial charge is 0.368 e. The van der Waals surface area contributed by atoms with Crippen LogP contribution in [0.3, 0.4) is 0 Å². The van der Waals surface area contributed by atoms with E-state index in [1.54, 1.807) is 6.20 Å². The summed E-state index contributed by atoms with van der Waals surface area (Å²) in [6.07, 6.45) is 3.45. The summed E-state index contributed by atoms with van der Waals surface area (Å²) in [6, 6.07) is 7.47. The fourth-order valence-corrected chi connectivity index (χ4v) is 2.47. The Balaban J connectivity index is 1.87. The highest BCUT2D eigenvalue weighted by molar-refractivity contribution is 5.78. The van der Waals surface area contributed by atoms with Crippen molar-refractivity contribution in [1.29, 1.82) is 0 Å². The molecular weight excluding hydrogens is 316 g/mol. The van der Waals surface area contributed by atoms with Crippen LogP contribution in [0.1, 0.15) is 32.5 Å². The van der Waals surface area contributed by atoms with Crippen LogP contribution in [-0.2, 0) is 4.79 Å². The Morgan fingerprint density at radius 2 is 1.84 bits per heavy atom. The van der Waals surface area contributed by atoms with Crippen LogP contribution in [0.15, 0.2) is 30.5 Å². The van der Waals surface area contributed by atoms with Crippen molar-refractivity contribution in [2.24, 2.45) is 5.92 Å². The lowest BCUT2D eigenvalue weighted by molar-refractivity contribution is -0.125. The summed E-state index contributed by atoms with van der Waals surface area (Å²) in [5.74, 6) is 2.98. The maximum atomic E-state index is 11.9. The number of nitrogens with one attached hydrogen (secondary N) is 3. The molecule has 2 heterocycles. The fraction of sp³-hybridized carbons (Fsp3) is 0.444. The van der Waals surface area contributed by atoms with Gasteiger partial charge in [0.25, 0.3) is 0 Å². The third-order valence-corrected chi connectivity index (χ3v) is 3.85. The maximum absolute atomic E-state index is 11.9. The highest BCUT2D eigenvalue weighted by atomic mass is 16.1. The van der Waals surface area contributed by atoms with Gasteiger partial charge in [0.05, 0.1) is 0 Å². The predicted octanol–water partition coefficient (Wildman–Crippen LogP) is 2.89. The Hall–Kier alpha value is -2.70. The van der Waals surface area contributed by atoms with Gasteiger partial charge in [-0.15, -0.1) is 0 Å². The minimum atomic E-state index is 0.0930. The van der Waals surface area contributed by atoms with Crippen molar-refractivity contribution < 1.29 is 4.79 Å². The molecule has 0 bridgehead atoms. The molecule has 0 unspecified atom stereocenters. The van der Waals surface area contributed by atoms with Gasteiger partial charge in [-0.1, -0.05) is 19.9 Å². The van der Waals surface area contributed by atoms with Gasteiger partial charge >= 0.3 is 0 Å². The molecule has 25 heavy (non-hydrogen) atoms. The Morgan fingerprint density at radius 3 is 2.52 bits per heavy atom. The molecule has 2 aromatic heterocycles. The molecule has 0 aromatic carbocycles. The molecule has 7 nitrogen and oxygen atoms in total. The Bertz CT molecular complexity index is 673. The molecule has 0 aliphatic heterocycles. The molecule has 0 spiro atoms. The van der Waals surface area contributed by atoms with Crippen molar-refractivity contribution >= 4 is 23.4 Å². The van der Waals surface area contributed by atoms with Crippen molar-refractivity contribution in [1.82, 2.24) is 20.3 Å². The summed E-state index contributed by atoms with van der Waals surface area (Å²) >= 11 is 0. The fourth-order valence-electron chi connectivity index (χ4n) is 2.47. The third-order valence-electron chi connectivity index (χ3n) is 3.85. The first-order valence-electron chi connectivity index (χ1n) is 8.67. The molecule has 2 aromatic rings. The number of rotatable bonds is 9. The molecule has 134 valence electrons. The first-order chi connectivity index (χ1) is 12.1. The molecule has 0 saturated carbocycles. The van der Waals surface area contributed by atoms with E-state index in [2.05, 4.69) is 30.9 Å². The Kier molecular flexibility index (Phi) is 7.13. The predicted molar refractivity (Wildman–Crippen MR) is 99.9 cm³/mol. The second kappa shape index (κ2) is 9.56. The third kappa shape index (κ3) is 6.02. The Labute approximate surface area is 148 Å². The molecule has 1 amide bonds. The average molecular weight is 342 g/mol. The summed E-state index contributed by atoms with van der Waals surface area (Å²) in [6.45, 7) is 7.06. The van der Waals surface area contributed by atoms with Gasteiger partial charge in [0.15, 0.2) is 0 Å². The number of hydrogen-bond acceptors (Lipinski definition) is 6. The van der Waals surface area contributed by atoms with Gasteiger partial charge in [0, 0.05) is 31.3 Å². The topological polar surface area (TPSA) is 91.8 Å². The van der Waals surface area contributed by atoms with Gasteiger partial charge in [-0.05, 0) is 31.9 Å². The minimum Gasteiger partial charge on any atom is -0.368 e. The van der Waals surface area contributed by atoms with Crippen molar-refractivity contribution in [2.75, 3.05) is 23.7 Å². The van der Waals surface area contributed by atoms with Crippen LogP contribution in [0.2, 0.25) is 0 Å². The Morgan fingerprint density at radius 1 is 1.08 bits per heavy atom. The van der Waals surface area contributed by atoms with Crippen LogP contribution in [0, 0.1) is 12.8 Å². The van der Waals surface area contributed by atoms with Gasteiger partial charge in [0.2, 0.25) is 5.91 Å². The molecule has 0 aliphatic rings. The monoisotopic (exact) mass is 342 g/mol. The van der Waals surface area contributed by atoms with Crippen LogP contribution in [0.5, 0.6) is 0 Å². The molecule has 7 heteroatoms. The van der Waals surface area contributed by atoms with Gasteiger partial charge in [-0.25, -0.2) is 15.0 Å². The zero-order chi connectivity index (χ0) is 18.1. The summed E-state index contributed by atoms with van der Waals surface area (Å²) in [4.78, 5) is 24.9. The highest BCUT2D eigenvalue weighted by Crippen LogP contribution is 2.15. The quantitative estimate of drug-likeness (QED) is 0.607. The molecule has 0 atom stereocenters. The van der Waals surface area contributed by atoms with Crippen LogP contribution < -0.4 is 16.0 Å². The van der Waals surface area contributed by atoms with Crippen molar-refractivity contribution in [3.8, 4) is 0 Å². The molecule has 0 fully saturated rings. The number of nitrogens with zero attached hydrogens (tertiary/aromatic N) is 3. The first-order valence-corrected chi connectivity index (χ1v) is 8.67. The van der Waals surface area contributed by atoms with Gasteiger partial charge in [-0.3, -0.25) is 4.79 Å². The normalized spacial score (nSPS) is 10.6. The number of anilines is 3. The highest BCUT2D eigenvalue weighted by Gasteiger charge is 2.12. The van der Waals surface area contributed by atoms with E-state index in [1.165, 1.54) is 0 Å². The SMILES string of the molecule is CCC(CC)C(=O)NCCNc1cc(Nc2ccccn2)nc(C)n1. The first kappa shape index (κ1) is 18.6. The minimum absolute atomic E-state index is 0.0930. The standard InChI is InChI=1S/C18H26N6O/c1-4-14(5-2)18(25)21-11-10-20-16-12-17(23-13(3)22-16)24-15-8-6-7-9-19-15/h6-9,12,14H,4-5,10-11H2,1-3H3,(H,21,25)(H2,19,20,22,23,24). The molecule has 2 rings (SSSR count). The smallest absolute Gasteiger partial charge is 0.223 e. The van der Waals surface area contributed by atoms with E-state index in [0.717, 1.165) is 18.7 Å². The number of aromatic nitrogens is 3. The molecule has 0 radical (unpaired) electrons. The zero-order valence-corrected chi connectivity index (χ0v) is 15.0. The van der Waals surface area contributed by atoms with Crippen molar-refractivity contribution in [3.63, 3.8) is 0 Å². The van der Waals surface area contributed by atoms with Gasteiger partial charge in [0.1, 0.15) is 23.3 Å². The molecule has 3 N–H and O–H groups in total.